The summed E-state index contributed by atoms with van der Waals surface area (Å²) in [5.41, 5.74) is 5.16. The van der Waals surface area contributed by atoms with Gasteiger partial charge in [0.2, 0.25) is 0 Å². The lowest BCUT2D eigenvalue weighted by molar-refractivity contribution is 0.0635. The predicted octanol–water partition coefficient (Wildman–Crippen LogP) is 8.33. The van der Waals surface area contributed by atoms with E-state index in [1.807, 2.05) is 76.2 Å². The van der Waals surface area contributed by atoms with E-state index in [9.17, 15) is 14.4 Å². The third kappa shape index (κ3) is 13.6. The lowest BCUT2D eigenvalue weighted by atomic mass is 10.1. The van der Waals surface area contributed by atoms with E-state index >= 15 is 0 Å². The third-order valence-corrected chi connectivity index (χ3v) is 5.82. The summed E-state index contributed by atoms with van der Waals surface area (Å²) < 4.78 is 6.37. The molecule has 4 aromatic carbocycles. The molecule has 0 aromatic heterocycles. The molecule has 4 rings (SSSR count). The van der Waals surface area contributed by atoms with E-state index in [1.165, 1.54) is 5.56 Å². The van der Waals surface area contributed by atoms with Crippen molar-refractivity contribution < 1.29 is 19.1 Å². The fourth-order valence-corrected chi connectivity index (χ4v) is 3.52. The number of carbonyl (C=O) groups excluding carboxylic acids is 3. The highest BCUT2D eigenvalue weighted by Crippen LogP contribution is 2.13. The minimum atomic E-state index is -0.546. The number of carbonyl (C=O) groups is 3. The minimum absolute atomic E-state index is 0.503. The van der Waals surface area contributed by atoms with Crippen LogP contribution in [0.5, 0.6) is 0 Å². The second kappa shape index (κ2) is 17.2. The Bertz CT molecular complexity index is 1580. The zero-order valence-electron chi connectivity index (χ0n) is 24.0. The van der Waals surface area contributed by atoms with E-state index in [-0.39, 0.29) is 0 Å². The standard InChI is InChI=1S/C20H19NO3.C9H8.C7H5IO/c1-20(2,3)24-19(23)21-18-6-4-5-16(13-18)10-7-15-8-11-17(14-22)12-9-15;1-3-9-6-4-5-8(2)7-9;8-7-3-1-6(5-9)2-4-7/h4-6,8-9,11-14H,1-3H3,(H,21,23);1,4-7H,2H3;1-5H. The normalized spacial score (nSPS) is 9.62. The van der Waals surface area contributed by atoms with Crippen LogP contribution in [0.25, 0.3) is 0 Å². The van der Waals surface area contributed by atoms with Crippen molar-refractivity contribution in [2.24, 2.45) is 0 Å². The second-order valence-corrected chi connectivity index (χ2v) is 11.1. The Labute approximate surface area is 261 Å². The van der Waals surface area contributed by atoms with Crippen LogP contribution in [0.1, 0.15) is 63.7 Å². The molecule has 42 heavy (non-hydrogen) atoms. The maximum absolute atomic E-state index is 11.8. The molecule has 0 heterocycles. The number of ether oxygens (including phenoxy) is 1. The van der Waals surface area contributed by atoms with Crippen molar-refractivity contribution >= 4 is 46.9 Å². The largest absolute Gasteiger partial charge is 0.444 e. The Balaban J connectivity index is 0.000000277. The number of amides is 1. The molecule has 0 aliphatic heterocycles. The molecular formula is C36H32INO4. The van der Waals surface area contributed by atoms with Gasteiger partial charge in [0.25, 0.3) is 0 Å². The second-order valence-electron chi connectivity index (χ2n) is 9.88. The van der Waals surface area contributed by atoms with Crippen molar-refractivity contribution in [1.82, 2.24) is 0 Å². The fraction of sp³-hybridized carbons (Fsp3) is 0.139. The molecule has 0 radical (unpaired) electrons. The molecule has 0 saturated heterocycles. The maximum atomic E-state index is 11.8. The van der Waals surface area contributed by atoms with Gasteiger partial charge in [0.15, 0.2) is 0 Å². The smallest absolute Gasteiger partial charge is 0.412 e. The molecule has 0 spiro atoms. The quantitative estimate of drug-likeness (QED) is 0.135. The van der Waals surface area contributed by atoms with Crippen LogP contribution in [-0.2, 0) is 4.74 Å². The molecular weight excluding hydrogens is 637 g/mol. The van der Waals surface area contributed by atoms with Gasteiger partial charge >= 0.3 is 6.09 Å². The van der Waals surface area contributed by atoms with Crippen molar-refractivity contribution in [3.05, 3.63) is 134 Å². The van der Waals surface area contributed by atoms with Gasteiger partial charge in [-0.2, -0.15) is 0 Å². The molecule has 5 nitrogen and oxygen atoms in total. The molecule has 0 fully saturated rings. The van der Waals surface area contributed by atoms with Crippen molar-refractivity contribution in [3.8, 4) is 24.2 Å². The molecule has 0 atom stereocenters. The number of hydrogen-bond acceptors (Lipinski definition) is 4. The van der Waals surface area contributed by atoms with E-state index in [0.717, 1.165) is 38.4 Å². The first-order valence-corrected chi connectivity index (χ1v) is 14.0. The van der Waals surface area contributed by atoms with Crippen LogP contribution in [0.4, 0.5) is 10.5 Å². The van der Waals surface area contributed by atoms with Gasteiger partial charge in [-0.05, 0) is 110 Å². The Hall–Kier alpha value is -4.66. The molecule has 0 unspecified atom stereocenters. The number of halogens is 1. The van der Waals surface area contributed by atoms with Crippen molar-refractivity contribution in [1.29, 1.82) is 0 Å². The summed E-state index contributed by atoms with van der Waals surface area (Å²) in [4.78, 5) is 32.5. The monoisotopic (exact) mass is 669 g/mol. The number of nitrogens with one attached hydrogen (secondary N) is 1. The van der Waals surface area contributed by atoms with Crippen LogP contribution >= 0.6 is 22.6 Å². The van der Waals surface area contributed by atoms with Crippen LogP contribution in [0.15, 0.2) is 97.1 Å². The lowest BCUT2D eigenvalue weighted by Crippen LogP contribution is -2.27. The molecule has 212 valence electrons. The van der Waals surface area contributed by atoms with E-state index in [4.69, 9.17) is 11.2 Å². The summed E-state index contributed by atoms with van der Waals surface area (Å²) in [6.45, 7) is 7.46. The van der Waals surface area contributed by atoms with E-state index < -0.39 is 11.7 Å². The van der Waals surface area contributed by atoms with Gasteiger partial charge < -0.3 is 4.74 Å². The number of terminal acetylenes is 1. The van der Waals surface area contributed by atoms with Crippen LogP contribution < -0.4 is 5.32 Å². The molecule has 1 amide bonds. The number of rotatable bonds is 3. The Morgan fingerprint density at radius 3 is 1.86 bits per heavy atom. The van der Waals surface area contributed by atoms with Gasteiger partial charge in [-0.1, -0.05) is 60.2 Å². The van der Waals surface area contributed by atoms with Crippen molar-refractivity contribution in [3.63, 3.8) is 0 Å². The molecule has 0 aliphatic rings. The molecule has 4 aromatic rings. The zero-order valence-corrected chi connectivity index (χ0v) is 26.1. The highest BCUT2D eigenvalue weighted by molar-refractivity contribution is 14.1. The predicted molar refractivity (Wildman–Crippen MR) is 178 cm³/mol. The van der Waals surface area contributed by atoms with Crippen molar-refractivity contribution in [2.75, 3.05) is 5.32 Å². The molecule has 6 heteroatoms. The molecule has 0 saturated carbocycles. The first kappa shape index (κ1) is 33.5. The van der Waals surface area contributed by atoms with Crippen LogP contribution in [0.2, 0.25) is 0 Å². The summed E-state index contributed by atoms with van der Waals surface area (Å²) in [5.74, 6) is 8.62. The van der Waals surface area contributed by atoms with Gasteiger partial charge in [-0.15, -0.1) is 6.42 Å². The van der Waals surface area contributed by atoms with Crippen LogP contribution in [-0.4, -0.2) is 24.3 Å². The van der Waals surface area contributed by atoms with Crippen LogP contribution in [0.3, 0.4) is 0 Å². The Kier molecular flexibility index (Phi) is 13.8. The van der Waals surface area contributed by atoms with Gasteiger partial charge in [0.05, 0.1) is 0 Å². The lowest BCUT2D eigenvalue weighted by Gasteiger charge is -2.19. The number of aryl methyl sites for hydroxylation is 1. The SMILES string of the molecule is C#Cc1cccc(C)c1.CC(C)(C)OC(=O)Nc1cccc(C#Cc2ccc(C=O)cc2)c1.O=Cc1ccc(I)cc1. The average Bonchev–Trinajstić information content (AvgIpc) is 2.96. The maximum Gasteiger partial charge on any atom is 0.412 e. The summed E-state index contributed by atoms with van der Waals surface area (Å²) in [6, 6.07) is 29.6. The molecule has 1 N–H and O–H groups in total. The van der Waals surface area contributed by atoms with Gasteiger partial charge in [0, 0.05) is 37.1 Å². The highest BCUT2D eigenvalue weighted by Gasteiger charge is 2.16. The number of anilines is 1. The summed E-state index contributed by atoms with van der Waals surface area (Å²) in [7, 11) is 0. The van der Waals surface area contributed by atoms with E-state index in [1.54, 1.807) is 48.5 Å². The van der Waals surface area contributed by atoms with Crippen LogP contribution in [0, 0.1) is 34.7 Å². The molecule has 0 aliphatic carbocycles. The van der Waals surface area contributed by atoms with Gasteiger partial charge in [-0.3, -0.25) is 14.9 Å². The van der Waals surface area contributed by atoms with E-state index in [0.29, 0.717) is 11.3 Å². The summed E-state index contributed by atoms with van der Waals surface area (Å²) in [5, 5.41) is 2.68. The average molecular weight is 670 g/mol. The number of benzene rings is 4. The fourth-order valence-electron chi connectivity index (χ4n) is 3.16. The first-order valence-electron chi connectivity index (χ1n) is 12.9. The zero-order chi connectivity index (χ0) is 31.0. The van der Waals surface area contributed by atoms with Gasteiger partial charge in [0.1, 0.15) is 18.2 Å². The summed E-state index contributed by atoms with van der Waals surface area (Å²) in [6.07, 6.45) is 6.30. The highest BCUT2D eigenvalue weighted by atomic mass is 127. The number of hydrogen-bond donors (Lipinski definition) is 1. The Morgan fingerprint density at radius 1 is 0.786 bits per heavy atom. The number of aldehydes is 2. The van der Waals surface area contributed by atoms with Crippen molar-refractivity contribution in [2.45, 2.75) is 33.3 Å². The van der Waals surface area contributed by atoms with E-state index in [2.05, 4.69) is 45.7 Å². The Morgan fingerprint density at radius 2 is 1.33 bits per heavy atom. The minimum Gasteiger partial charge on any atom is -0.444 e. The topological polar surface area (TPSA) is 72.5 Å². The first-order chi connectivity index (χ1) is 20.0. The summed E-state index contributed by atoms with van der Waals surface area (Å²) >= 11 is 2.20. The molecule has 0 bridgehead atoms. The van der Waals surface area contributed by atoms with Gasteiger partial charge in [-0.25, -0.2) is 4.79 Å². The third-order valence-electron chi connectivity index (χ3n) is 5.10.